The number of para-hydroxylation sites is 1. The summed E-state index contributed by atoms with van der Waals surface area (Å²) in [6.45, 7) is 6.92. The van der Waals surface area contributed by atoms with Crippen LogP contribution in [0.4, 0.5) is 5.69 Å². The quantitative estimate of drug-likeness (QED) is 0.717. The lowest BCUT2D eigenvalue weighted by Crippen LogP contribution is -2.29. The van der Waals surface area contributed by atoms with Crippen LogP contribution in [0.3, 0.4) is 0 Å². The first-order chi connectivity index (χ1) is 8.77. The minimum atomic E-state index is 0.167. The molecule has 100 valence electrons. The zero-order valence-electron chi connectivity index (χ0n) is 11.5. The number of benzene rings is 1. The largest absolute Gasteiger partial charge is 0.372 e. The number of anilines is 1. The van der Waals surface area contributed by atoms with Crippen LogP contribution < -0.4 is 10.2 Å². The van der Waals surface area contributed by atoms with Crippen molar-refractivity contribution in [3.63, 3.8) is 0 Å². The molecule has 0 unspecified atom stereocenters. The van der Waals surface area contributed by atoms with Gasteiger partial charge in [-0.1, -0.05) is 25.1 Å². The van der Waals surface area contributed by atoms with Gasteiger partial charge in [0, 0.05) is 31.7 Å². The molecule has 0 radical (unpaired) electrons. The third-order valence-electron chi connectivity index (χ3n) is 2.91. The van der Waals surface area contributed by atoms with E-state index in [1.165, 1.54) is 5.69 Å². The second kappa shape index (κ2) is 8.56. The van der Waals surface area contributed by atoms with E-state index < -0.39 is 0 Å². The van der Waals surface area contributed by atoms with Crippen molar-refractivity contribution in [3.05, 3.63) is 30.3 Å². The fraction of sp³-hybridized carbons (Fsp3) is 0.533. The molecule has 0 heterocycles. The zero-order valence-corrected chi connectivity index (χ0v) is 11.5. The molecule has 0 atom stereocenters. The molecule has 0 aliphatic heterocycles. The summed E-state index contributed by atoms with van der Waals surface area (Å²) < 4.78 is 0. The molecule has 0 saturated carbocycles. The molecule has 1 amide bonds. The van der Waals surface area contributed by atoms with Crippen LogP contribution in [0.5, 0.6) is 0 Å². The predicted molar refractivity (Wildman–Crippen MR) is 76.9 cm³/mol. The molecule has 0 spiro atoms. The van der Waals surface area contributed by atoms with Crippen LogP contribution in [0.2, 0.25) is 0 Å². The van der Waals surface area contributed by atoms with Crippen LogP contribution >= 0.6 is 0 Å². The molecule has 18 heavy (non-hydrogen) atoms. The van der Waals surface area contributed by atoms with E-state index in [1.807, 2.05) is 13.0 Å². The summed E-state index contributed by atoms with van der Waals surface area (Å²) >= 11 is 0. The second-order valence-corrected chi connectivity index (χ2v) is 4.37. The summed E-state index contributed by atoms with van der Waals surface area (Å²) in [5.41, 5.74) is 1.25. The lowest BCUT2D eigenvalue weighted by Gasteiger charge is -2.23. The molecule has 0 fully saturated rings. The Labute approximate surface area is 110 Å². The maximum Gasteiger partial charge on any atom is 0.219 e. The van der Waals surface area contributed by atoms with Gasteiger partial charge in [-0.3, -0.25) is 4.79 Å². The van der Waals surface area contributed by atoms with Gasteiger partial charge in [-0.25, -0.2) is 0 Å². The van der Waals surface area contributed by atoms with Gasteiger partial charge in [0.15, 0.2) is 0 Å². The average Bonchev–Trinajstić information content (AvgIpc) is 2.40. The van der Waals surface area contributed by atoms with Crippen molar-refractivity contribution in [2.75, 3.05) is 24.5 Å². The maximum atomic E-state index is 11.3. The highest BCUT2D eigenvalue weighted by molar-refractivity contribution is 5.75. The van der Waals surface area contributed by atoms with Crippen molar-refractivity contribution in [2.45, 2.75) is 33.1 Å². The van der Waals surface area contributed by atoms with Gasteiger partial charge in [0.2, 0.25) is 5.91 Å². The molecule has 1 aromatic carbocycles. The van der Waals surface area contributed by atoms with E-state index in [4.69, 9.17) is 0 Å². The lowest BCUT2D eigenvalue weighted by molar-refractivity contribution is -0.121. The minimum Gasteiger partial charge on any atom is -0.372 e. The highest BCUT2D eigenvalue weighted by Gasteiger charge is 2.03. The SMILES string of the molecule is CCCC(=O)NCCCN(CC)c1ccccc1. The van der Waals surface area contributed by atoms with Crippen LogP contribution in [-0.4, -0.2) is 25.5 Å². The standard InChI is InChI=1S/C15H24N2O/c1-3-9-15(18)16-12-8-13-17(4-2)14-10-6-5-7-11-14/h5-7,10-11H,3-4,8-9,12-13H2,1-2H3,(H,16,18). The number of rotatable bonds is 8. The Balaban J connectivity index is 2.26. The van der Waals surface area contributed by atoms with Crippen molar-refractivity contribution in [1.82, 2.24) is 5.32 Å². The molecule has 1 N–H and O–H groups in total. The molecule has 0 aliphatic carbocycles. The van der Waals surface area contributed by atoms with E-state index in [0.717, 1.165) is 32.5 Å². The first kappa shape index (κ1) is 14.6. The van der Waals surface area contributed by atoms with Gasteiger partial charge in [-0.15, -0.1) is 0 Å². The molecule has 0 aliphatic rings. The minimum absolute atomic E-state index is 0.167. The van der Waals surface area contributed by atoms with Crippen LogP contribution in [-0.2, 0) is 4.79 Å². The normalized spacial score (nSPS) is 10.1. The van der Waals surface area contributed by atoms with E-state index in [0.29, 0.717) is 6.42 Å². The van der Waals surface area contributed by atoms with Crippen molar-refractivity contribution in [2.24, 2.45) is 0 Å². The first-order valence-corrected chi connectivity index (χ1v) is 6.84. The summed E-state index contributed by atoms with van der Waals surface area (Å²) in [6, 6.07) is 10.4. The number of nitrogens with zero attached hydrogens (tertiary/aromatic N) is 1. The molecular weight excluding hydrogens is 224 g/mol. The van der Waals surface area contributed by atoms with Crippen molar-refractivity contribution in [3.8, 4) is 0 Å². The van der Waals surface area contributed by atoms with Gasteiger partial charge in [0.05, 0.1) is 0 Å². The van der Waals surface area contributed by atoms with Gasteiger partial charge in [-0.05, 0) is 31.9 Å². The van der Waals surface area contributed by atoms with E-state index in [2.05, 4.69) is 41.4 Å². The van der Waals surface area contributed by atoms with Crippen molar-refractivity contribution < 1.29 is 4.79 Å². The highest BCUT2D eigenvalue weighted by Crippen LogP contribution is 2.12. The van der Waals surface area contributed by atoms with Crippen LogP contribution in [0.15, 0.2) is 30.3 Å². The third kappa shape index (κ3) is 5.21. The summed E-state index contributed by atoms with van der Waals surface area (Å²) in [6.07, 6.45) is 2.53. The van der Waals surface area contributed by atoms with E-state index in [-0.39, 0.29) is 5.91 Å². The summed E-state index contributed by atoms with van der Waals surface area (Å²) in [4.78, 5) is 13.6. The van der Waals surface area contributed by atoms with Crippen molar-refractivity contribution in [1.29, 1.82) is 0 Å². The summed E-state index contributed by atoms with van der Waals surface area (Å²) in [7, 11) is 0. The second-order valence-electron chi connectivity index (χ2n) is 4.37. The van der Waals surface area contributed by atoms with Gasteiger partial charge in [0.1, 0.15) is 0 Å². The molecule has 3 heteroatoms. The van der Waals surface area contributed by atoms with E-state index >= 15 is 0 Å². The summed E-state index contributed by atoms with van der Waals surface area (Å²) in [5.74, 6) is 0.167. The smallest absolute Gasteiger partial charge is 0.219 e. The average molecular weight is 248 g/mol. The molecular formula is C15H24N2O. The first-order valence-electron chi connectivity index (χ1n) is 6.84. The number of hydrogen-bond acceptors (Lipinski definition) is 2. The van der Waals surface area contributed by atoms with Crippen LogP contribution in [0, 0.1) is 0 Å². The number of amides is 1. The third-order valence-corrected chi connectivity index (χ3v) is 2.91. The number of hydrogen-bond donors (Lipinski definition) is 1. The highest BCUT2D eigenvalue weighted by atomic mass is 16.1. The molecule has 0 aromatic heterocycles. The van der Waals surface area contributed by atoms with Crippen LogP contribution in [0.25, 0.3) is 0 Å². The van der Waals surface area contributed by atoms with Gasteiger partial charge in [0.25, 0.3) is 0 Å². The Morgan fingerprint density at radius 3 is 2.56 bits per heavy atom. The summed E-state index contributed by atoms with van der Waals surface area (Å²) in [5, 5.41) is 2.95. The molecule has 1 aromatic rings. The topological polar surface area (TPSA) is 32.3 Å². The Morgan fingerprint density at radius 2 is 1.94 bits per heavy atom. The Bertz CT molecular complexity index is 338. The molecule has 3 nitrogen and oxygen atoms in total. The molecule has 0 saturated heterocycles. The van der Waals surface area contributed by atoms with Crippen molar-refractivity contribution >= 4 is 11.6 Å². The predicted octanol–water partition coefficient (Wildman–Crippen LogP) is 2.82. The fourth-order valence-electron chi connectivity index (χ4n) is 1.92. The Kier molecular flexibility index (Phi) is 6.92. The van der Waals surface area contributed by atoms with Gasteiger partial charge < -0.3 is 10.2 Å². The van der Waals surface area contributed by atoms with Gasteiger partial charge in [-0.2, -0.15) is 0 Å². The fourth-order valence-corrected chi connectivity index (χ4v) is 1.92. The number of nitrogens with one attached hydrogen (secondary N) is 1. The van der Waals surface area contributed by atoms with Gasteiger partial charge >= 0.3 is 0 Å². The van der Waals surface area contributed by atoms with Crippen LogP contribution in [0.1, 0.15) is 33.1 Å². The Morgan fingerprint density at radius 1 is 1.22 bits per heavy atom. The van der Waals surface area contributed by atoms with E-state index in [1.54, 1.807) is 0 Å². The van der Waals surface area contributed by atoms with E-state index in [9.17, 15) is 4.79 Å². The number of carbonyl (C=O) groups excluding carboxylic acids is 1. The Hall–Kier alpha value is -1.51. The molecule has 1 rings (SSSR count). The monoisotopic (exact) mass is 248 g/mol. The zero-order chi connectivity index (χ0) is 13.2. The number of carbonyl (C=O) groups is 1. The maximum absolute atomic E-state index is 11.3. The lowest BCUT2D eigenvalue weighted by atomic mass is 10.2. The molecule has 0 bridgehead atoms.